The van der Waals surface area contributed by atoms with E-state index in [0.29, 0.717) is 0 Å². The Kier molecular flexibility index (Phi) is 4.43. The van der Waals surface area contributed by atoms with E-state index < -0.39 is 0 Å². The third kappa shape index (κ3) is 3.25. The minimum atomic E-state index is 0.774. The molecule has 3 nitrogen and oxygen atoms in total. The Labute approximate surface area is 128 Å². The Morgan fingerprint density at radius 2 is 1.75 bits per heavy atom. The van der Waals surface area contributed by atoms with E-state index in [4.69, 9.17) is 11.6 Å². The summed E-state index contributed by atoms with van der Waals surface area (Å²) < 4.78 is 0. The molecule has 1 aliphatic rings. The van der Waals surface area contributed by atoms with Crippen molar-refractivity contribution in [1.82, 2.24) is 9.97 Å². The van der Waals surface area contributed by atoms with Gasteiger partial charge in [-0.2, -0.15) is 0 Å². The highest BCUT2D eigenvalue weighted by Gasteiger charge is 2.17. The van der Waals surface area contributed by atoms with Crippen molar-refractivity contribution < 1.29 is 0 Å². The summed E-state index contributed by atoms with van der Waals surface area (Å²) >= 11 is 7.64. The number of aromatic nitrogens is 2. The Bertz CT molecular complexity index is 568. The Morgan fingerprint density at radius 1 is 1.05 bits per heavy atom. The van der Waals surface area contributed by atoms with Gasteiger partial charge in [-0.05, 0) is 30.5 Å². The predicted octanol–water partition coefficient (Wildman–Crippen LogP) is 4.02. The fraction of sp³-hybridized carbons (Fsp3) is 0.333. The summed E-state index contributed by atoms with van der Waals surface area (Å²) in [4.78, 5) is 11.3. The molecule has 0 bridgehead atoms. The van der Waals surface area contributed by atoms with E-state index in [1.54, 1.807) is 24.2 Å². The molecule has 0 saturated carbocycles. The lowest BCUT2D eigenvalue weighted by atomic mass is 10.2. The molecule has 0 spiro atoms. The van der Waals surface area contributed by atoms with Crippen molar-refractivity contribution in [2.45, 2.75) is 23.6 Å². The molecule has 1 aliphatic heterocycles. The first-order valence-electron chi connectivity index (χ1n) is 6.76. The first-order chi connectivity index (χ1) is 9.83. The van der Waals surface area contributed by atoms with Gasteiger partial charge < -0.3 is 4.90 Å². The second-order valence-electron chi connectivity index (χ2n) is 4.79. The molecule has 104 valence electrons. The van der Waals surface area contributed by atoms with Crippen molar-refractivity contribution in [1.29, 1.82) is 0 Å². The van der Waals surface area contributed by atoms with Crippen LogP contribution in [0.5, 0.6) is 0 Å². The summed E-state index contributed by atoms with van der Waals surface area (Å²) in [6.45, 7) is 2.18. The van der Waals surface area contributed by atoms with Crippen LogP contribution in [-0.2, 0) is 5.75 Å². The van der Waals surface area contributed by atoms with E-state index >= 15 is 0 Å². The molecule has 0 unspecified atom stereocenters. The van der Waals surface area contributed by atoms with Crippen LogP contribution < -0.4 is 4.90 Å². The summed E-state index contributed by atoms with van der Waals surface area (Å²) in [6.07, 6.45) is 6.04. The lowest BCUT2D eigenvalue weighted by molar-refractivity contribution is 0.886. The van der Waals surface area contributed by atoms with Crippen molar-refractivity contribution in [2.75, 3.05) is 18.0 Å². The average Bonchev–Trinajstić information content (AvgIpc) is 3.01. The minimum absolute atomic E-state index is 0.774. The van der Waals surface area contributed by atoms with E-state index in [1.807, 2.05) is 12.1 Å². The first-order valence-corrected chi connectivity index (χ1v) is 8.12. The molecule has 1 aromatic heterocycles. The summed E-state index contributed by atoms with van der Waals surface area (Å²) in [5.74, 6) is 1.92. The van der Waals surface area contributed by atoms with Crippen molar-refractivity contribution in [3.63, 3.8) is 0 Å². The Hall–Kier alpha value is -1.26. The van der Waals surface area contributed by atoms with E-state index in [1.165, 1.54) is 18.4 Å². The normalized spacial score (nSPS) is 14.8. The SMILES string of the molecule is Clc1ccc(CSc2nccnc2N2CCCC2)cc1. The Morgan fingerprint density at radius 3 is 2.50 bits per heavy atom. The van der Waals surface area contributed by atoms with Crippen LogP contribution in [0.2, 0.25) is 5.02 Å². The van der Waals surface area contributed by atoms with Gasteiger partial charge in [0.2, 0.25) is 0 Å². The molecule has 0 radical (unpaired) electrons. The lowest BCUT2D eigenvalue weighted by Gasteiger charge is -2.18. The van der Waals surface area contributed by atoms with Crippen LogP contribution in [0.25, 0.3) is 0 Å². The second kappa shape index (κ2) is 6.46. The minimum Gasteiger partial charge on any atom is -0.354 e. The number of hydrogen-bond donors (Lipinski definition) is 0. The quantitative estimate of drug-likeness (QED) is 0.798. The molecule has 1 saturated heterocycles. The van der Waals surface area contributed by atoms with Crippen LogP contribution in [-0.4, -0.2) is 23.1 Å². The van der Waals surface area contributed by atoms with Crippen LogP contribution in [0.15, 0.2) is 41.7 Å². The summed E-state index contributed by atoms with van der Waals surface area (Å²) in [5, 5.41) is 1.79. The van der Waals surface area contributed by atoms with Gasteiger partial charge in [0.1, 0.15) is 5.03 Å². The fourth-order valence-electron chi connectivity index (χ4n) is 2.30. The molecule has 2 aromatic rings. The van der Waals surface area contributed by atoms with Crippen LogP contribution in [0.3, 0.4) is 0 Å². The monoisotopic (exact) mass is 305 g/mol. The van der Waals surface area contributed by atoms with E-state index in [0.717, 1.165) is 34.7 Å². The fourth-order valence-corrected chi connectivity index (χ4v) is 3.37. The van der Waals surface area contributed by atoms with Crippen LogP contribution in [0.1, 0.15) is 18.4 Å². The number of thioether (sulfide) groups is 1. The molecule has 2 heterocycles. The average molecular weight is 306 g/mol. The number of nitrogens with zero attached hydrogens (tertiary/aromatic N) is 3. The highest BCUT2D eigenvalue weighted by Crippen LogP contribution is 2.30. The van der Waals surface area contributed by atoms with Gasteiger partial charge in [0.15, 0.2) is 5.82 Å². The largest absolute Gasteiger partial charge is 0.354 e. The molecule has 0 N–H and O–H groups in total. The summed E-state index contributed by atoms with van der Waals surface area (Å²) in [6, 6.07) is 7.97. The third-order valence-corrected chi connectivity index (χ3v) is 4.63. The predicted molar refractivity (Wildman–Crippen MR) is 84.5 cm³/mol. The number of hydrogen-bond acceptors (Lipinski definition) is 4. The van der Waals surface area contributed by atoms with Gasteiger partial charge in [-0.3, -0.25) is 0 Å². The topological polar surface area (TPSA) is 29.0 Å². The van der Waals surface area contributed by atoms with E-state index in [2.05, 4.69) is 27.0 Å². The zero-order chi connectivity index (χ0) is 13.8. The smallest absolute Gasteiger partial charge is 0.161 e. The maximum absolute atomic E-state index is 5.90. The van der Waals surface area contributed by atoms with Crippen LogP contribution in [0, 0.1) is 0 Å². The molecular weight excluding hydrogens is 290 g/mol. The molecule has 0 aliphatic carbocycles. The van der Waals surface area contributed by atoms with Crippen LogP contribution >= 0.6 is 23.4 Å². The summed E-state index contributed by atoms with van der Waals surface area (Å²) in [5.41, 5.74) is 1.25. The molecule has 20 heavy (non-hydrogen) atoms. The van der Waals surface area contributed by atoms with Gasteiger partial charge in [-0.25, -0.2) is 9.97 Å². The Balaban J connectivity index is 1.72. The highest BCUT2D eigenvalue weighted by atomic mass is 35.5. The van der Waals surface area contributed by atoms with Gasteiger partial charge in [-0.1, -0.05) is 35.5 Å². The number of anilines is 1. The lowest BCUT2D eigenvalue weighted by Crippen LogP contribution is -2.20. The maximum atomic E-state index is 5.90. The highest BCUT2D eigenvalue weighted by molar-refractivity contribution is 7.98. The van der Waals surface area contributed by atoms with E-state index in [-0.39, 0.29) is 0 Å². The van der Waals surface area contributed by atoms with E-state index in [9.17, 15) is 0 Å². The number of benzene rings is 1. The van der Waals surface area contributed by atoms with Gasteiger partial charge in [0, 0.05) is 36.3 Å². The zero-order valence-corrected chi connectivity index (χ0v) is 12.7. The first kappa shape index (κ1) is 13.7. The molecule has 1 fully saturated rings. The molecular formula is C15H16ClN3S. The second-order valence-corrected chi connectivity index (χ2v) is 6.19. The van der Waals surface area contributed by atoms with Gasteiger partial charge in [0.05, 0.1) is 0 Å². The third-order valence-electron chi connectivity index (χ3n) is 3.34. The standard InChI is InChI=1S/C15H16ClN3S/c16-13-5-3-12(4-6-13)11-20-15-14(17-7-8-18-15)19-9-1-2-10-19/h3-8H,1-2,9-11H2. The van der Waals surface area contributed by atoms with Crippen molar-refractivity contribution >= 4 is 29.2 Å². The van der Waals surface area contributed by atoms with Crippen molar-refractivity contribution in [2.24, 2.45) is 0 Å². The van der Waals surface area contributed by atoms with Crippen molar-refractivity contribution in [3.8, 4) is 0 Å². The molecule has 0 amide bonds. The number of rotatable bonds is 4. The molecule has 3 rings (SSSR count). The van der Waals surface area contributed by atoms with Gasteiger partial charge in [0.25, 0.3) is 0 Å². The molecule has 1 aromatic carbocycles. The molecule has 0 atom stereocenters. The van der Waals surface area contributed by atoms with Gasteiger partial charge in [-0.15, -0.1) is 0 Å². The zero-order valence-electron chi connectivity index (χ0n) is 11.1. The number of halogens is 1. The molecule has 5 heteroatoms. The van der Waals surface area contributed by atoms with Gasteiger partial charge >= 0.3 is 0 Å². The van der Waals surface area contributed by atoms with Crippen molar-refractivity contribution in [3.05, 3.63) is 47.2 Å². The maximum Gasteiger partial charge on any atom is 0.161 e. The van der Waals surface area contributed by atoms with Crippen LogP contribution in [0.4, 0.5) is 5.82 Å². The summed E-state index contributed by atoms with van der Waals surface area (Å²) in [7, 11) is 0.